The van der Waals surface area contributed by atoms with E-state index < -0.39 is 0 Å². The van der Waals surface area contributed by atoms with Gasteiger partial charge < -0.3 is 5.32 Å². The Hall–Kier alpha value is -0.410. The Morgan fingerprint density at radius 3 is 2.56 bits per heavy atom. The van der Waals surface area contributed by atoms with Crippen LogP contribution in [0.4, 0.5) is 0 Å². The Bertz CT molecular complexity index is 332. The molecule has 102 valence electrons. The average molecular weight is 266 g/mol. The minimum atomic E-state index is 0.499. The van der Waals surface area contributed by atoms with Crippen molar-refractivity contribution in [2.75, 3.05) is 6.54 Å². The lowest BCUT2D eigenvalue weighted by Gasteiger charge is -2.37. The first-order valence-electron chi connectivity index (χ1n) is 7.13. The van der Waals surface area contributed by atoms with Crippen LogP contribution in [-0.2, 0) is 6.54 Å². The summed E-state index contributed by atoms with van der Waals surface area (Å²) in [6.45, 7) is 9.26. The van der Waals surface area contributed by atoms with Crippen molar-refractivity contribution in [2.24, 2.45) is 17.3 Å². The fourth-order valence-corrected chi connectivity index (χ4v) is 3.52. The number of aromatic nitrogens is 1. The van der Waals surface area contributed by atoms with E-state index in [-0.39, 0.29) is 0 Å². The number of rotatable bonds is 4. The molecule has 0 aliphatic heterocycles. The SMILES string of the molecule is CC(C)(C)C1CCC(CNCc2cscn2)CC1. The van der Waals surface area contributed by atoms with Gasteiger partial charge in [0.1, 0.15) is 0 Å². The Kier molecular flexibility index (Phi) is 4.79. The van der Waals surface area contributed by atoms with Gasteiger partial charge in [-0.3, -0.25) is 0 Å². The molecule has 0 atom stereocenters. The van der Waals surface area contributed by atoms with Crippen LogP contribution in [0.25, 0.3) is 0 Å². The molecule has 3 heteroatoms. The third-order valence-corrected chi connectivity index (χ3v) is 4.93. The van der Waals surface area contributed by atoms with Gasteiger partial charge in [0, 0.05) is 11.9 Å². The first kappa shape index (κ1) is 14.0. The molecule has 1 saturated carbocycles. The number of nitrogens with zero attached hydrogens (tertiary/aromatic N) is 1. The summed E-state index contributed by atoms with van der Waals surface area (Å²) in [5.74, 6) is 1.80. The molecule has 0 bridgehead atoms. The molecule has 0 radical (unpaired) electrons. The summed E-state index contributed by atoms with van der Waals surface area (Å²) >= 11 is 1.68. The molecule has 1 aromatic rings. The number of hydrogen-bond donors (Lipinski definition) is 1. The molecule has 1 heterocycles. The molecule has 0 saturated heterocycles. The summed E-state index contributed by atoms with van der Waals surface area (Å²) < 4.78 is 0. The van der Waals surface area contributed by atoms with Gasteiger partial charge in [-0.2, -0.15) is 0 Å². The second-order valence-corrected chi connectivity index (χ2v) is 7.41. The molecule has 1 aliphatic carbocycles. The normalized spacial score (nSPS) is 25.3. The van der Waals surface area contributed by atoms with E-state index in [0.717, 1.165) is 24.9 Å². The maximum atomic E-state index is 4.30. The molecule has 0 spiro atoms. The molecule has 1 fully saturated rings. The Labute approximate surface area is 115 Å². The van der Waals surface area contributed by atoms with Gasteiger partial charge >= 0.3 is 0 Å². The molecule has 0 aromatic carbocycles. The minimum Gasteiger partial charge on any atom is -0.311 e. The molecule has 1 N–H and O–H groups in total. The summed E-state index contributed by atoms with van der Waals surface area (Å²) in [4.78, 5) is 4.30. The predicted octanol–water partition coefficient (Wildman–Crippen LogP) is 4.09. The van der Waals surface area contributed by atoms with Gasteiger partial charge in [0.2, 0.25) is 0 Å². The van der Waals surface area contributed by atoms with Crippen LogP contribution >= 0.6 is 11.3 Å². The second-order valence-electron chi connectivity index (χ2n) is 6.69. The monoisotopic (exact) mass is 266 g/mol. The van der Waals surface area contributed by atoms with Crippen molar-refractivity contribution in [1.82, 2.24) is 10.3 Å². The van der Waals surface area contributed by atoms with Gasteiger partial charge in [0.25, 0.3) is 0 Å². The molecule has 2 nitrogen and oxygen atoms in total. The van der Waals surface area contributed by atoms with E-state index in [1.807, 2.05) is 5.51 Å². The highest BCUT2D eigenvalue weighted by Gasteiger charge is 2.29. The minimum absolute atomic E-state index is 0.499. The van der Waals surface area contributed by atoms with Crippen LogP contribution in [0.2, 0.25) is 0 Å². The fourth-order valence-electron chi connectivity index (χ4n) is 2.96. The molecule has 0 amide bonds. The molecular formula is C15H26N2S. The molecule has 1 aliphatic rings. The third-order valence-electron chi connectivity index (χ3n) is 4.29. The second kappa shape index (κ2) is 6.16. The van der Waals surface area contributed by atoms with Gasteiger partial charge in [-0.15, -0.1) is 11.3 Å². The van der Waals surface area contributed by atoms with Crippen molar-refractivity contribution in [3.63, 3.8) is 0 Å². The summed E-state index contributed by atoms with van der Waals surface area (Å²) in [6.07, 6.45) is 5.61. The zero-order chi connectivity index (χ0) is 13.0. The van der Waals surface area contributed by atoms with E-state index >= 15 is 0 Å². The van der Waals surface area contributed by atoms with Crippen molar-refractivity contribution in [1.29, 1.82) is 0 Å². The van der Waals surface area contributed by atoms with Crippen LogP contribution in [0, 0.1) is 17.3 Å². The van der Waals surface area contributed by atoms with Crippen LogP contribution in [0.5, 0.6) is 0 Å². The van der Waals surface area contributed by atoms with Gasteiger partial charge in [-0.1, -0.05) is 20.8 Å². The maximum absolute atomic E-state index is 4.30. The van der Waals surface area contributed by atoms with Crippen molar-refractivity contribution in [2.45, 2.75) is 53.0 Å². The topological polar surface area (TPSA) is 24.9 Å². The highest BCUT2D eigenvalue weighted by Crippen LogP contribution is 2.39. The van der Waals surface area contributed by atoms with E-state index in [2.05, 4.69) is 36.5 Å². The number of hydrogen-bond acceptors (Lipinski definition) is 3. The largest absolute Gasteiger partial charge is 0.311 e. The fraction of sp³-hybridized carbons (Fsp3) is 0.800. The molecule has 18 heavy (non-hydrogen) atoms. The van der Waals surface area contributed by atoms with Crippen LogP contribution in [0.15, 0.2) is 10.9 Å². The quantitative estimate of drug-likeness (QED) is 0.888. The van der Waals surface area contributed by atoms with Crippen molar-refractivity contribution in [3.8, 4) is 0 Å². The van der Waals surface area contributed by atoms with Crippen LogP contribution in [0.1, 0.15) is 52.1 Å². The highest BCUT2D eigenvalue weighted by atomic mass is 32.1. The van der Waals surface area contributed by atoms with Crippen molar-refractivity contribution in [3.05, 3.63) is 16.6 Å². The molecule has 0 unspecified atom stereocenters. The zero-order valence-electron chi connectivity index (χ0n) is 11.9. The van der Waals surface area contributed by atoms with E-state index in [0.29, 0.717) is 5.41 Å². The van der Waals surface area contributed by atoms with E-state index in [9.17, 15) is 0 Å². The van der Waals surface area contributed by atoms with E-state index in [4.69, 9.17) is 0 Å². The molecule has 1 aromatic heterocycles. The standard InChI is InChI=1S/C15H26N2S/c1-15(2,3)13-6-4-12(5-7-13)8-16-9-14-10-18-11-17-14/h10-13,16H,4-9H2,1-3H3. The van der Waals surface area contributed by atoms with Gasteiger partial charge in [-0.05, 0) is 49.5 Å². The van der Waals surface area contributed by atoms with Gasteiger partial charge in [0.05, 0.1) is 11.2 Å². The Morgan fingerprint density at radius 1 is 1.28 bits per heavy atom. The van der Waals surface area contributed by atoms with E-state index in [1.54, 1.807) is 11.3 Å². The van der Waals surface area contributed by atoms with Crippen molar-refractivity contribution >= 4 is 11.3 Å². The van der Waals surface area contributed by atoms with E-state index in [1.165, 1.54) is 31.4 Å². The first-order chi connectivity index (χ1) is 8.55. The average Bonchev–Trinajstić information content (AvgIpc) is 2.82. The zero-order valence-corrected chi connectivity index (χ0v) is 12.7. The third kappa shape index (κ3) is 4.06. The molecular weight excluding hydrogens is 240 g/mol. The first-order valence-corrected chi connectivity index (χ1v) is 8.08. The van der Waals surface area contributed by atoms with Crippen LogP contribution < -0.4 is 5.32 Å². The lowest BCUT2D eigenvalue weighted by Crippen LogP contribution is -2.30. The van der Waals surface area contributed by atoms with Crippen LogP contribution in [0.3, 0.4) is 0 Å². The van der Waals surface area contributed by atoms with Crippen LogP contribution in [-0.4, -0.2) is 11.5 Å². The Balaban J connectivity index is 1.65. The lowest BCUT2D eigenvalue weighted by atomic mass is 9.70. The maximum Gasteiger partial charge on any atom is 0.0795 e. The predicted molar refractivity (Wildman–Crippen MR) is 78.7 cm³/mol. The molecule has 2 rings (SSSR count). The summed E-state index contributed by atoms with van der Waals surface area (Å²) in [7, 11) is 0. The van der Waals surface area contributed by atoms with Crippen molar-refractivity contribution < 1.29 is 0 Å². The summed E-state index contributed by atoms with van der Waals surface area (Å²) in [5.41, 5.74) is 3.59. The summed E-state index contributed by atoms with van der Waals surface area (Å²) in [6, 6.07) is 0. The number of nitrogens with one attached hydrogen (secondary N) is 1. The highest BCUT2D eigenvalue weighted by molar-refractivity contribution is 7.07. The van der Waals surface area contributed by atoms with Gasteiger partial charge in [0.15, 0.2) is 0 Å². The van der Waals surface area contributed by atoms with Gasteiger partial charge in [-0.25, -0.2) is 4.98 Å². The Morgan fingerprint density at radius 2 is 2.00 bits per heavy atom. The smallest absolute Gasteiger partial charge is 0.0795 e. The number of thiazole rings is 1. The lowest BCUT2D eigenvalue weighted by molar-refractivity contribution is 0.149. The summed E-state index contributed by atoms with van der Waals surface area (Å²) in [5, 5.41) is 5.68.